The van der Waals surface area contributed by atoms with Crippen molar-refractivity contribution in [3.63, 3.8) is 0 Å². The highest BCUT2D eigenvalue weighted by atomic mass is 35.5. The van der Waals surface area contributed by atoms with Crippen LogP contribution in [-0.4, -0.2) is 12.6 Å². The van der Waals surface area contributed by atoms with Crippen molar-refractivity contribution in [2.45, 2.75) is 6.92 Å². The van der Waals surface area contributed by atoms with Gasteiger partial charge in [-0.2, -0.15) is 0 Å². The third-order valence-electron chi connectivity index (χ3n) is 1.78. The summed E-state index contributed by atoms with van der Waals surface area (Å²) in [6.07, 6.45) is 0. The van der Waals surface area contributed by atoms with Crippen molar-refractivity contribution in [3.05, 3.63) is 40.9 Å². The Bertz CT molecular complexity index is 373. The smallest absolute Gasteiger partial charge is 0.351 e. The number of nitrogens with two attached hydrogens (primary N) is 1. The summed E-state index contributed by atoms with van der Waals surface area (Å²) in [6, 6.07) is 9.04. The minimum atomic E-state index is -0.597. The molecule has 0 fully saturated rings. The fourth-order valence-electron chi connectivity index (χ4n) is 1.05. The minimum absolute atomic E-state index is 0.0805. The summed E-state index contributed by atoms with van der Waals surface area (Å²) in [4.78, 5) is 11.3. The SMILES string of the molecule is CCOC(=O)C(Cl)=C(N)c1ccccc1. The van der Waals surface area contributed by atoms with Crippen LogP contribution in [0.25, 0.3) is 5.70 Å². The Kier molecular flexibility index (Phi) is 4.18. The number of benzene rings is 1. The largest absolute Gasteiger partial charge is 0.462 e. The lowest BCUT2D eigenvalue weighted by Gasteiger charge is -2.05. The molecule has 1 aromatic carbocycles. The van der Waals surface area contributed by atoms with Crippen molar-refractivity contribution in [2.24, 2.45) is 5.73 Å². The molecule has 1 aromatic rings. The molecule has 0 spiro atoms. The standard InChI is InChI=1S/C11H12ClNO2/c1-2-15-11(14)9(12)10(13)8-6-4-3-5-7-8/h3-7H,2,13H2,1H3. The van der Waals surface area contributed by atoms with E-state index < -0.39 is 5.97 Å². The molecule has 80 valence electrons. The van der Waals surface area contributed by atoms with Gasteiger partial charge in [-0.05, 0) is 12.5 Å². The summed E-state index contributed by atoms with van der Waals surface area (Å²) >= 11 is 5.78. The van der Waals surface area contributed by atoms with Gasteiger partial charge in [0, 0.05) is 0 Å². The second-order valence-electron chi connectivity index (χ2n) is 2.81. The second kappa shape index (κ2) is 5.41. The van der Waals surface area contributed by atoms with Crippen LogP contribution < -0.4 is 5.73 Å². The molecule has 0 saturated carbocycles. The summed E-state index contributed by atoms with van der Waals surface area (Å²) in [5.74, 6) is -0.597. The molecule has 0 aromatic heterocycles. The number of ether oxygens (including phenoxy) is 1. The van der Waals surface area contributed by atoms with Crippen molar-refractivity contribution in [1.29, 1.82) is 0 Å². The van der Waals surface area contributed by atoms with Crippen LogP contribution in [-0.2, 0) is 9.53 Å². The number of hydrogen-bond acceptors (Lipinski definition) is 3. The summed E-state index contributed by atoms with van der Waals surface area (Å²) in [6.45, 7) is 1.98. The van der Waals surface area contributed by atoms with E-state index in [4.69, 9.17) is 22.1 Å². The highest BCUT2D eigenvalue weighted by Gasteiger charge is 2.12. The number of carbonyl (C=O) groups is 1. The third-order valence-corrected chi connectivity index (χ3v) is 2.13. The first-order valence-electron chi connectivity index (χ1n) is 4.54. The van der Waals surface area contributed by atoms with Gasteiger partial charge in [0.25, 0.3) is 0 Å². The Morgan fingerprint density at radius 2 is 2.00 bits per heavy atom. The number of hydrogen-bond donors (Lipinski definition) is 1. The van der Waals surface area contributed by atoms with Gasteiger partial charge >= 0.3 is 5.97 Å². The maximum atomic E-state index is 11.3. The van der Waals surface area contributed by atoms with Crippen molar-refractivity contribution in [1.82, 2.24) is 0 Å². The van der Waals surface area contributed by atoms with Gasteiger partial charge in [-0.3, -0.25) is 0 Å². The molecule has 3 nitrogen and oxygen atoms in total. The zero-order valence-corrected chi connectivity index (χ0v) is 9.12. The molecule has 0 radical (unpaired) electrons. The van der Waals surface area contributed by atoms with Gasteiger partial charge in [-0.15, -0.1) is 0 Å². The monoisotopic (exact) mass is 225 g/mol. The van der Waals surface area contributed by atoms with Crippen LogP contribution in [0.1, 0.15) is 12.5 Å². The number of halogens is 1. The average Bonchev–Trinajstić information content (AvgIpc) is 2.28. The van der Waals surface area contributed by atoms with Crippen molar-refractivity contribution in [3.8, 4) is 0 Å². The van der Waals surface area contributed by atoms with Gasteiger partial charge in [-0.1, -0.05) is 41.9 Å². The number of rotatable bonds is 3. The van der Waals surface area contributed by atoms with E-state index in [2.05, 4.69) is 0 Å². The first kappa shape index (κ1) is 11.6. The van der Waals surface area contributed by atoms with E-state index in [9.17, 15) is 4.79 Å². The number of esters is 1. The molecule has 0 bridgehead atoms. The van der Waals surface area contributed by atoms with Crippen molar-refractivity contribution in [2.75, 3.05) is 6.61 Å². The van der Waals surface area contributed by atoms with Crippen LogP contribution in [0.4, 0.5) is 0 Å². The van der Waals surface area contributed by atoms with Crippen molar-refractivity contribution < 1.29 is 9.53 Å². The van der Waals surface area contributed by atoms with Crippen molar-refractivity contribution >= 4 is 23.3 Å². The summed E-state index contributed by atoms with van der Waals surface area (Å²) in [5.41, 5.74) is 6.65. The Balaban J connectivity index is 2.95. The number of carbonyl (C=O) groups excluding carboxylic acids is 1. The molecule has 2 N–H and O–H groups in total. The predicted octanol–water partition coefficient (Wildman–Crippen LogP) is 2.12. The van der Waals surface area contributed by atoms with E-state index in [1.165, 1.54) is 0 Å². The average molecular weight is 226 g/mol. The summed E-state index contributed by atoms with van der Waals surface area (Å²) < 4.78 is 4.74. The fourth-order valence-corrected chi connectivity index (χ4v) is 1.21. The first-order chi connectivity index (χ1) is 7.16. The molecule has 0 saturated heterocycles. The molecule has 0 unspecified atom stereocenters. The molecule has 0 aliphatic heterocycles. The van der Waals surface area contributed by atoms with E-state index >= 15 is 0 Å². The van der Waals surface area contributed by atoms with E-state index in [1.807, 2.05) is 18.2 Å². The fraction of sp³-hybridized carbons (Fsp3) is 0.182. The Labute approximate surface area is 93.5 Å². The lowest BCUT2D eigenvalue weighted by molar-refractivity contribution is -0.137. The van der Waals surface area contributed by atoms with Gasteiger partial charge in [0.05, 0.1) is 12.3 Å². The van der Waals surface area contributed by atoms with Crippen LogP contribution in [0.2, 0.25) is 0 Å². The van der Waals surface area contributed by atoms with E-state index in [1.54, 1.807) is 19.1 Å². The Morgan fingerprint density at radius 1 is 1.40 bits per heavy atom. The molecule has 1 rings (SSSR count). The maximum Gasteiger partial charge on any atom is 0.351 e. The molecule has 0 amide bonds. The molecular formula is C11H12ClNO2. The normalized spacial score (nSPS) is 11.9. The molecular weight excluding hydrogens is 214 g/mol. The molecule has 15 heavy (non-hydrogen) atoms. The summed E-state index contributed by atoms with van der Waals surface area (Å²) in [5, 5.41) is -0.0805. The molecule has 0 aliphatic rings. The lowest BCUT2D eigenvalue weighted by atomic mass is 10.1. The zero-order chi connectivity index (χ0) is 11.3. The topological polar surface area (TPSA) is 52.3 Å². The lowest BCUT2D eigenvalue weighted by Crippen LogP contribution is -2.09. The zero-order valence-electron chi connectivity index (χ0n) is 8.37. The molecule has 0 atom stereocenters. The molecule has 4 heteroatoms. The van der Waals surface area contributed by atoms with Gasteiger partial charge in [0.1, 0.15) is 5.03 Å². The minimum Gasteiger partial charge on any atom is -0.462 e. The van der Waals surface area contributed by atoms with E-state index in [-0.39, 0.29) is 17.3 Å². The van der Waals surface area contributed by atoms with E-state index in [0.717, 1.165) is 0 Å². The highest BCUT2D eigenvalue weighted by Crippen LogP contribution is 2.17. The van der Waals surface area contributed by atoms with Gasteiger partial charge < -0.3 is 10.5 Å². The van der Waals surface area contributed by atoms with Crippen LogP contribution in [0.15, 0.2) is 35.4 Å². The quantitative estimate of drug-likeness (QED) is 0.633. The highest BCUT2D eigenvalue weighted by molar-refractivity contribution is 6.44. The molecule has 0 aliphatic carbocycles. The molecule has 0 heterocycles. The van der Waals surface area contributed by atoms with E-state index in [0.29, 0.717) is 5.56 Å². The van der Waals surface area contributed by atoms with Crippen LogP contribution in [0, 0.1) is 0 Å². The second-order valence-corrected chi connectivity index (χ2v) is 3.19. The third kappa shape index (κ3) is 2.99. The Hall–Kier alpha value is -1.48. The Morgan fingerprint density at radius 3 is 2.53 bits per heavy atom. The maximum absolute atomic E-state index is 11.3. The first-order valence-corrected chi connectivity index (χ1v) is 4.92. The van der Waals surface area contributed by atoms with Crippen LogP contribution in [0.5, 0.6) is 0 Å². The van der Waals surface area contributed by atoms with Crippen LogP contribution in [0.3, 0.4) is 0 Å². The van der Waals surface area contributed by atoms with Crippen LogP contribution >= 0.6 is 11.6 Å². The van der Waals surface area contributed by atoms with Gasteiger partial charge in [-0.25, -0.2) is 4.79 Å². The van der Waals surface area contributed by atoms with Gasteiger partial charge in [0.15, 0.2) is 0 Å². The predicted molar refractivity (Wildman–Crippen MR) is 60.0 cm³/mol. The summed E-state index contributed by atoms with van der Waals surface area (Å²) in [7, 11) is 0. The van der Waals surface area contributed by atoms with Gasteiger partial charge in [0.2, 0.25) is 0 Å².